The number of hydrogen-bond acceptors (Lipinski definition) is 7. The number of aliphatic carboxylic acids is 1. The summed E-state index contributed by atoms with van der Waals surface area (Å²) in [4.78, 5) is 44.4. The van der Waals surface area contributed by atoms with Crippen LogP contribution < -0.4 is 0 Å². The van der Waals surface area contributed by atoms with Gasteiger partial charge in [0.05, 0.1) is 0 Å². The predicted molar refractivity (Wildman–Crippen MR) is 64.1 cm³/mol. The lowest BCUT2D eigenvalue weighted by Crippen LogP contribution is -2.51. The van der Waals surface area contributed by atoms with E-state index in [0.717, 1.165) is 6.08 Å². The van der Waals surface area contributed by atoms with E-state index in [2.05, 4.69) is 33.9 Å². The highest BCUT2D eigenvalue weighted by molar-refractivity contribution is 5.90. The van der Waals surface area contributed by atoms with E-state index in [9.17, 15) is 19.2 Å². The molecule has 0 atom stereocenters. The number of carbonyl (C=O) groups excluding carboxylic acids is 3. The molecule has 0 aromatic carbocycles. The fourth-order valence-electron chi connectivity index (χ4n) is 0.862. The van der Waals surface area contributed by atoms with E-state index in [0.29, 0.717) is 12.2 Å². The van der Waals surface area contributed by atoms with Gasteiger partial charge >= 0.3 is 29.7 Å². The van der Waals surface area contributed by atoms with Crippen molar-refractivity contribution >= 4 is 23.9 Å². The standard InChI is InChI=1S/C12H12O8/c1-4-8(13)18-7-12(11(16)17,19-9(14)5-2)20-10(15)6-3/h4-6H,1-3,7H2,(H,16,17). The third-order valence-electron chi connectivity index (χ3n) is 1.76. The van der Waals surface area contributed by atoms with E-state index in [1.165, 1.54) is 0 Å². The molecule has 1 N–H and O–H groups in total. The monoisotopic (exact) mass is 284 g/mol. The Morgan fingerprint density at radius 1 is 0.900 bits per heavy atom. The molecule has 0 saturated heterocycles. The van der Waals surface area contributed by atoms with Crippen LogP contribution in [0.3, 0.4) is 0 Å². The number of rotatable bonds is 8. The van der Waals surface area contributed by atoms with Gasteiger partial charge in [0.25, 0.3) is 0 Å². The van der Waals surface area contributed by atoms with Crippen LogP contribution in [0, 0.1) is 0 Å². The molecule has 0 radical (unpaired) electrons. The predicted octanol–water partition coefficient (Wildman–Crippen LogP) is -0.0451. The average Bonchev–Trinajstić information content (AvgIpc) is 2.43. The average molecular weight is 284 g/mol. The summed E-state index contributed by atoms with van der Waals surface area (Å²) in [5.41, 5.74) is 0. The molecule has 0 aliphatic carbocycles. The van der Waals surface area contributed by atoms with Gasteiger partial charge in [-0.3, -0.25) is 0 Å². The van der Waals surface area contributed by atoms with E-state index >= 15 is 0 Å². The van der Waals surface area contributed by atoms with Crippen LogP contribution in [0.2, 0.25) is 0 Å². The van der Waals surface area contributed by atoms with Gasteiger partial charge in [0, 0.05) is 18.2 Å². The second-order valence-electron chi connectivity index (χ2n) is 3.12. The number of carbonyl (C=O) groups is 4. The van der Waals surface area contributed by atoms with Gasteiger partial charge in [0.1, 0.15) is 0 Å². The SMILES string of the molecule is C=CC(=O)OCC(OC(=O)C=C)(OC(=O)C=C)C(=O)O. The first kappa shape index (κ1) is 17.1. The van der Waals surface area contributed by atoms with Crippen molar-refractivity contribution in [3.05, 3.63) is 38.0 Å². The quantitative estimate of drug-likeness (QED) is 0.375. The molecule has 0 aliphatic heterocycles. The molecule has 0 spiro atoms. The molecule has 0 fully saturated rings. The fourth-order valence-corrected chi connectivity index (χ4v) is 0.862. The zero-order chi connectivity index (χ0) is 15.8. The summed E-state index contributed by atoms with van der Waals surface area (Å²) < 4.78 is 13.4. The summed E-state index contributed by atoms with van der Waals surface area (Å²) in [6.07, 6.45) is 2.04. The second kappa shape index (κ2) is 7.52. The van der Waals surface area contributed by atoms with Crippen molar-refractivity contribution in [2.45, 2.75) is 5.79 Å². The van der Waals surface area contributed by atoms with E-state index in [1.54, 1.807) is 0 Å². The van der Waals surface area contributed by atoms with E-state index in [1.807, 2.05) is 0 Å². The molecule has 0 aromatic heterocycles. The summed E-state index contributed by atoms with van der Waals surface area (Å²) in [7, 11) is 0. The third kappa shape index (κ3) is 4.77. The van der Waals surface area contributed by atoms with Crippen LogP contribution in [0.5, 0.6) is 0 Å². The highest BCUT2D eigenvalue weighted by atomic mass is 16.8. The maximum absolute atomic E-state index is 11.2. The molecule has 0 unspecified atom stereocenters. The molecule has 0 rings (SSSR count). The van der Waals surface area contributed by atoms with Gasteiger partial charge in [-0.25, -0.2) is 19.2 Å². The first-order valence-corrected chi connectivity index (χ1v) is 5.04. The number of esters is 3. The van der Waals surface area contributed by atoms with Crippen molar-refractivity contribution in [3.63, 3.8) is 0 Å². The number of hydrogen-bond donors (Lipinski definition) is 1. The highest BCUT2D eigenvalue weighted by Gasteiger charge is 2.48. The lowest BCUT2D eigenvalue weighted by atomic mass is 10.3. The smallest absolute Gasteiger partial charge is 0.394 e. The lowest BCUT2D eigenvalue weighted by Gasteiger charge is -2.26. The van der Waals surface area contributed by atoms with Gasteiger partial charge < -0.3 is 19.3 Å². The third-order valence-corrected chi connectivity index (χ3v) is 1.76. The van der Waals surface area contributed by atoms with Gasteiger partial charge in [0.2, 0.25) is 0 Å². The summed E-state index contributed by atoms with van der Waals surface area (Å²) in [5, 5.41) is 9.06. The van der Waals surface area contributed by atoms with Gasteiger partial charge in [-0.15, -0.1) is 0 Å². The minimum Gasteiger partial charge on any atom is -0.475 e. The molecule has 0 saturated carbocycles. The second-order valence-corrected chi connectivity index (χ2v) is 3.12. The number of carboxylic acids is 1. The zero-order valence-corrected chi connectivity index (χ0v) is 10.4. The van der Waals surface area contributed by atoms with Crippen molar-refractivity contribution in [2.24, 2.45) is 0 Å². The molecule has 0 heterocycles. The van der Waals surface area contributed by atoms with Crippen molar-refractivity contribution in [1.29, 1.82) is 0 Å². The Morgan fingerprint density at radius 3 is 1.60 bits per heavy atom. The summed E-state index contributed by atoms with van der Waals surface area (Å²) in [5.74, 6) is -8.09. The number of ether oxygens (including phenoxy) is 3. The molecular formula is C12H12O8. The van der Waals surface area contributed by atoms with Crippen LogP contribution in [0.1, 0.15) is 0 Å². The van der Waals surface area contributed by atoms with Crippen LogP contribution in [-0.2, 0) is 33.4 Å². The van der Waals surface area contributed by atoms with Crippen LogP contribution in [0.25, 0.3) is 0 Å². The molecule has 0 bridgehead atoms. The molecule has 108 valence electrons. The molecule has 0 amide bonds. The van der Waals surface area contributed by atoms with Gasteiger partial charge in [0.15, 0.2) is 6.61 Å². The van der Waals surface area contributed by atoms with Crippen LogP contribution in [0.15, 0.2) is 38.0 Å². The van der Waals surface area contributed by atoms with Gasteiger partial charge in [-0.1, -0.05) is 19.7 Å². The maximum atomic E-state index is 11.2. The first-order valence-electron chi connectivity index (χ1n) is 5.04. The van der Waals surface area contributed by atoms with Crippen molar-refractivity contribution < 1.29 is 38.5 Å². The van der Waals surface area contributed by atoms with Gasteiger partial charge in [-0.2, -0.15) is 0 Å². The first-order chi connectivity index (χ1) is 9.31. The molecule has 0 aliphatic rings. The Morgan fingerprint density at radius 2 is 1.30 bits per heavy atom. The van der Waals surface area contributed by atoms with E-state index in [4.69, 9.17) is 5.11 Å². The normalized spacial score (nSPS) is 9.80. The molecule has 20 heavy (non-hydrogen) atoms. The van der Waals surface area contributed by atoms with Crippen LogP contribution in [-0.4, -0.2) is 41.4 Å². The van der Waals surface area contributed by atoms with Crippen molar-refractivity contribution in [1.82, 2.24) is 0 Å². The highest BCUT2D eigenvalue weighted by Crippen LogP contribution is 2.17. The largest absolute Gasteiger partial charge is 0.475 e. The summed E-state index contributed by atoms with van der Waals surface area (Å²) >= 11 is 0. The molecule has 0 aromatic rings. The van der Waals surface area contributed by atoms with Crippen molar-refractivity contribution in [3.8, 4) is 0 Å². The maximum Gasteiger partial charge on any atom is 0.394 e. The summed E-state index contributed by atoms with van der Waals surface area (Å²) in [6.45, 7) is 8.15. The van der Waals surface area contributed by atoms with Crippen LogP contribution in [0.4, 0.5) is 0 Å². The van der Waals surface area contributed by atoms with Gasteiger partial charge in [-0.05, 0) is 0 Å². The van der Waals surface area contributed by atoms with E-state index < -0.39 is 36.3 Å². The Balaban J connectivity index is 5.35. The molecule has 8 nitrogen and oxygen atoms in total. The van der Waals surface area contributed by atoms with Crippen molar-refractivity contribution in [2.75, 3.05) is 6.61 Å². The fraction of sp³-hybridized carbons (Fsp3) is 0.167. The Labute approximate surface area is 113 Å². The van der Waals surface area contributed by atoms with Crippen LogP contribution >= 0.6 is 0 Å². The Bertz CT molecular complexity index is 440. The minimum absolute atomic E-state index is 0.648. The number of carboxylic acid groups (broad SMARTS) is 1. The Kier molecular flexibility index (Phi) is 6.43. The Hall–Kier alpha value is -2.90. The summed E-state index contributed by atoms with van der Waals surface area (Å²) in [6, 6.07) is 0. The minimum atomic E-state index is -2.84. The zero-order valence-electron chi connectivity index (χ0n) is 10.4. The lowest BCUT2D eigenvalue weighted by molar-refractivity contribution is -0.243. The topological polar surface area (TPSA) is 116 Å². The molecular weight excluding hydrogens is 272 g/mol. The molecule has 8 heteroatoms. The van der Waals surface area contributed by atoms with E-state index in [-0.39, 0.29) is 0 Å².